The predicted molar refractivity (Wildman–Crippen MR) is 122 cm³/mol. The molecule has 0 unspecified atom stereocenters. The van der Waals surface area contributed by atoms with E-state index in [2.05, 4.69) is 5.32 Å². The van der Waals surface area contributed by atoms with Crippen molar-refractivity contribution in [2.75, 3.05) is 12.4 Å². The smallest absolute Gasteiger partial charge is 0.255 e. The summed E-state index contributed by atoms with van der Waals surface area (Å²) < 4.78 is 5.14. The zero-order valence-corrected chi connectivity index (χ0v) is 17.2. The second-order valence-corrected chi connectivity index (χ2v) is 7.20. The average molecular weight is 409 g/mol. The molecule has 0 aliphatic heterocycles. The van der Waals surface area contributed by atoms with Gasteiger partial charge < -0.3 is 15.2 Å². The quantitative estimate of drug-likeness (QED) is 0.429. The lowest BCUT2D eigenvalue weighted by atomic mass is 9.80. The van der Waals surface area contributed by atoms with Crippen molar-refractivity contribution in [1.29, 1.82) is 0 Å². The minimum absolute atomic E-state index is 0.223. The summed E-state index contributed by atoms with van der Waals surface area (Å²) in [5.74, 6) is 0.503. The van der Waals surface area contributed by atoms with Crippen molar-refractivity contribution in [3.05, 3.63) is 131 Å². The van der Waals surface area contributed by atoms with Crippen LogP contribution in [0.1, 0.15) is 27.0 Å². The Labute approximate surface area is 181 Å². The average Bonchev–Trinajstić information content (AvgIpc) is 2.85. The summed E-state index contributed by atoms with van der Waals surface area (Å²) in [6, 6.07) is 33.2. The van der Waals surface area contributed by atoms with Crippen LogP contribution in [0, 0.1) is 0 Å². The van der Waals surface area contributed by atoms with E-state index in [1.807, 2.05) is 60.7 Å². The molecule has 4 aromatic rings. The Morgan fingerprint density at radius 3 is 1.68 bits per heavy atom. The van der Waals surface area contributed by atoms with Gasteiger partial charge in [0.05, 0.1) is 7.11 Å². The largest absolute Gasteiger partial charge is 0.497 e. The van der Waals surface area contributed by atoms with E-state index < -0.39 is 5.60 Å². The third-order valence-electron chi connectivity index (χ3n) is 5.30. The fourth-order valence-corrected chi connectivity index (χ4v) is 3.60. The second-order valence-electron chi connectivity index (χ2n) is 7.20. The van der Waals surface area contributed by atoms with E-state index in [0.29, 0.717) is 16.8 Å². The van der Waals surface area contributed by atoms with Gasteiger partial charge in [-0.15, -0.1) is 0 Å². The van der Waals surface area contributed by atoms with Gasteiger partial charge in [0, 0.05) is 11.3 Å². The molecule has 2 N–H and O–H groups in total. The number of rotatable bonds is 6. The lowest BCUT2D eigenvalue weighted by molar-refractivity contribution is 0.102. The SMILES string of the molecule is COc1ccc(NC(=O)c2ccc(C(O)(c3ccccc3)c3ccccc3)cc2)cc1. The normalized spacial score (nSPS) is 11.0. The van der Waals surface area contributed by atoms with Crippen molar-refractivity contribution in [3.8, 4) is 5.75 Å². The van der Waals surface area contributed by atoms with Gasteiger partial charge in [-0.2, -0.15) is 0 Å². The number of benzene rings is 4. The van der Waals surface area contributed by atoms with Crippen LogP contribution in [-0.2, 0) is 5.60 Å². The van der Waals surface area contributed by atoms with Crippen molar-refractivity contribution in [2.45, 2.75) is 5.60 Å². The third kappa shape index (κ3) is 4.20. The molecule has 0 spiro atoms. The molecule has 4 nitrogen and oxygen atoms in total. The Morgan fingerprint density at radius 2 is 1.19 bits per heavy atom. The molecule has 0 aliphatic rings. The fraction of sp³-hybridized carbons (Fsp3) is 0.0741. The fourth-order valence-electron chi connectivity index (χ4n) is 3.60. The van der Waals surface area contributed by atoms with Gasteiger partial charge >= 0.3 is 0 Å². The number of amides is 1. The maximum Gasteiger partial charge on any atom is 0.255 e. The summed E-state index contributed by atoms with van der Waals surface area (Å²) in [6.45, 7) is 0. The van der Waals surface area contributed by atoms with Crippen LogP contribution in [0.4, 0.5) is 5.69 Å². The van der Waals surface area contributed by atoms with Crippen LogP contribution in [0.15, 0.2) is 109 Å². The number of anilines is 1. The molecule has 0 heterocycles. The van der Waals surface area contributed by atoms with Gasteiger partial charge in [0.1, 0.15) is 11.4 Å². The first kappa shape index (κ1) is 20.4. The topological polar surface area (TPSA) is 58.6 Å². The molecule has 154 valence electrons. The van der Waals surface area contributed by atoms with Gasteiger partial charge in [0.15, 0.2) is 0 Å². The minimum Gasteiger partial charge on any atom is -0.497 e. The van der Waals surface area contributed by atoms with Gasteiger partial charge in [0.2, 0.25) is 0 Å². The summed E-state index contributed by atoms with van der Waals surface area (Å²) in [5.41, 5.74) is 2.07. The van der Waals surface area contributed by atoms with Crippen molar-refractivity contribution < 1.29 is 14.6 Å². The van der Waals surface area contributed by atoms with Crippen LogP contribution in [0.3, 0.4) is 0 Å². The van der Waals surface area contributed by atoms with E-state index in [-0.39, 0.29) is 5.91 Å². The molecule has 0 fully saturated rings. The number of hydrogen-bond acceptors (Lipinski definition) is 3. The first-order valence-electron chi connectivity index (χ1n) is 10.0. The van der Waals surface area contributed by atoms with Crippen molar-refractivity contribution in [2.24, 2.45) is 0 Å². The van der Waals surface area contributed by atoms with Crippen molar-refractivity contribution in [1.82, 2.24) is 0 Å². The molecular weight excluding hydrogens is 386 g/mol. The Hall–Kier alpha value is -3.89. The number of carbonyl (C=O) groups is 1. The van der Waals surface area contributed by atoms with Gasteiger partial charge in [-0.3, -0.25) is 4.79 Å². The molecule has 1 amide bonds. The summed E-state index contributed by atoms with van der Waals surface area (Å²) >= 11 is 0. The van der Waals surface area contributed by atoms with E-state index in [9.17, 15) is 9.90 Å². The molecule has 0 saturated heterocycles. The number of hydrogen-bond donors (Lipinski definition) is 2. The van der Waals surface area contributed by atoms with Crippen LogP contribution in [0.25, 0.3) is 0 Å². The Balaban J connectivity index is 1.63. The number of nitrogens with one attached hydrogen (secondary N) is 1. The molecule has 0 atom stereocenters. The van der Waals surface area contributed by atoms with Gasteiger partial charge in [-0.1, -0.05) is 72.8 Å². The van der Waals surface area contributed by atoms with Crippen LogP contribution in [0.5, 0.6) is 5.75 Å². The van der Waals surface area contributed by atoms with Gasteiger partial charge in [-0.05, 0) is 53.1 Å². The molecule has 4 rings (SSSR count). The van der Waals surface area contributed by atoms with Crippen molar-refractivity contribution >= 4 is 11.6 Å². The highest BCUT2D eigenvalue weighted by molar-refractivity contribution is 6.04. The van der Waals surface area contributed by atoms with Crippen LogP contribution in [0.2, 0.25) is 0 Å². The number of methoxy groups -OCH3 is 1. The number of ether oxygens (including phenoxy) is 1. The van der Waals surface area contributed by atoms with E-state index in [4.69, 9.17) is 4.74 Å². The van der Waals surface area contributed by atoms with E-state index in [1.54, 1.807) is 55.6 Å². The zero-order valence-electron chi connectivity index (χ0n) is 17.2. The van der Waals surface area contributed by atoms with Crippen molar-refractivity contribution in [3.63, 3.8) is 0 Å². The lowest BCUT2D eigenvalue weighted by Gasteiger charge is -2.30. The highest BCUT2D eigenvalue weighted by atomic mass is 16.5. The monoisotopic (exact) mass is 409 g/mol. The molecule has 0 saturated carbocycles. The first-order valence-corrected chi connectivity index (χ1v) is 10.0. The van der Waals surface area contributed by atoms with Crippen LogP contribution in [-0.4, -0.2) is 18.1 Å². The summed E-state index contributed by atoms with van der Waals surface area (Å²) in [6.07, 6.45) is 0. The van der Waals surface area contributed by atoms with E-state index >= 15 is 0 Å². The molecule has 4 aromatic carbocycles. The molecular formula is C27H23NO3. The number of aliphatic hydroxyl groups is 1. The van der Waals surface area contributed by atoms with Gasteiger partial charge in [-0.25, -0.2) is 0 Å². The Kier molecular flexibility index (Phi) is 5.83. The maximum atomic E-state index is 12.7. The Bertz CT molecular complexity index is 1100. The summed E-state index contributed by atoms with van der Waals surface area (Å²) in [5, 5.41) is 14.7. The molecule has 31 heavy (non-hydrogen) atoms. The summed E-state index contributed by atoms with van der Waals surface area (Å²) in [7, 11) is 1.60. The van der Waals surface area contributed by atoms with Gasteiger partial charge in [0.25, 0.3) is 5.91 Å². The summed E-state index contributed by atoms with van der Waals surface area (Å²) in [4.78, 5) is 12.7. The minimum atomic E-state index is -1.33. The predicted octanol–water partition coefficient (Wildman–Crippen LogP) is 5.23. The molecule has 0 bridgehead atoms. The zero-order chi connectivity index (χ0) is 21.7. The second kappa shape index (κ2) is 8.86. The van der Waals surface area contributed by atoms with E-state index in [1.165, 1.54) is 0 Å². The Morgan fingerprint density at radius 1 is 0.710 bits per heavy atom. The molecule has 4 heteroatoms. The highest BCUT2D eigenvalue weighted by Crippen LogP contribution is 2.36. The van der Waals surface area contributed by atoms with E-state index in [0.717, 1.165) is 16.9 Å². The molecule has 0 aliphatic carbocycles. The highest BCUT2D eigenvalue weighted by Gasteiger charge is 2.33. The number of carbonyl (C=O) groups excluding carboxylic acids is 1. The third-order valence-corrected chi connectivity index (χ3v) is 5.30. The van der Waals surface area contributed by atoms with Crippen LogP contribution >= 0.6 is 0 Å². The van der Waals surface area contributed by atoms with Crippen LogP contribution < -0.4 is 10.1 Å². The maximum absolute atomic E-state index is 12.7. The molecule has 0 aromatic heterocycles. The lowest BCUT2D eigenvalue weighted by Crippen LogP contribution is -2.28. The molecule has 0 radical (unpaired) electrons. The first-order chi connectivity index (χ1) is 15.1. The standard InChI is InChI=1S/C27H23NO3/c1-31-25-18-16-24(17-19-25)28-26(29)20-12-14-23(15-13-20)27(30,21-8-4-2-5-9-21)22-10-6-3-7-11-22/h2-19,30H,1H3,(H,28,29).